The predicted octanol–water partition coefficient (Wildman–Crippen LogP) is 7.99. The Hall–Kier alpha value is -2.43. The Balaban J connectivity index is 1.17. The molecule has 0 radical (unpaired) electrons. The average molecular weight is 595 g/mol. The van der Waals surface area contributed by atoms with E-state index in [4.69, 9.17) is 9.16 Å². The summed E-state index contributed by atoms with van der Waals surface area (Å²) in [7, 11) is -2.57. The lowest BCUT2D eigenvalue weighted by atomic mass is 9.47. The van der Waals surface area contributed by atoms with Gasteiger partial charge in [-0.25, -0.2) is 4.79 Å². The van der Waals surface area contributed by atoms with Crippen LogP contribution in [0.5, 0.6) is 0 Å². The van der Waals surface area contributed by atoms with Crippen LogP contribution in [0, 0.1) is 34.5 Å². The molecule has 0 aromatic heterocycles. The summed E-state index contributed by atoms with van der Waals surface area (Å²) in [5.74, 6) is 2.64. The number of fused-ring (bicyclic) bond motifs is 5. The first-order valence-corrected chi connectivity index (χ1v) is 18.8. The van der Waals surface area contributed by atoms with Crippen molar-refractivity contribution in [2.75, 3.05) is 6.61 Å². The van der Waals surface area contributed by atoms with Gasteiger partial charge in [-0.15, -0.1) is 0 Å². The number of carbonyl (C=O) groups is 1. The summed E-state index contributed by atoms with van der Waals surface area (Å²) < 4.78 is 13.0. The number of esters is 1. The van der Waals surface area contributed by atoms with Gasteiger partial charge in [-0.3, -0.25) is 0 Å². The number of carbonyl (C=O) groups excluding carboxylic acids is 1. The molecule has 7 atom stereocenters. The minimum absolute atomic E-state index is 0.000249. The monoisotopic (exact) mass is 594 g/mol. The molecule has 7 rings (SSSR count). The van der Waals surface area contributed by atoms with Gasteiger partial charge in [0.1, 0.15) is 6.61 Å². The fourth-order valence-electron chi connectivity index (χ4n) is 10.9. The number of allylic oxidation sites excluding steroid dienone is 1. The zero-order valence-electron chi connectivity index (χ0n) is 26.9. The van der Waals surface area contributed by atoms with E-state index in [9.17, 15) is 4.79 Å². The summed E-state index contributed by atoms with van der Waals surface area (Å²) in [6.07, 6.45) is 14.5. The fourth-order valence-corrected chi connectivity index (χ4v) is 15.6. The number of hydrogen-bond donors (Lipinski definition) is 0. The third kappa shape index (κ3) is 4.57. The molecule has 3 unspecified atom stereocenters. The van der Waals surface area contributed by atoms with E-state index in [0.717, 1.165) is 30.6 Å². The van der Waals surface area contributed by atoms with Crippen molar-refractivity contribution < 1.29 is 14.0 Å². The van der Waals surface area contributed by atoms with Crippen molar-refractivity contribution in [1.29, 1.82) is 0 Å². The lowest BCUT2D eigenvalue weighted by Crippen LogP contribution is -2.68. The van der Waals surface area contributed by atoms with E-state index in [1.54, 1.807) is 5.57 Å². The highest BCUT2D eigenvalue weighted by molar-refractivity contribution is 6.99. The van der Waals surface area contributed by atoms with Gasteiger partial charge in [0, 0.05) is 12.2 Å². The van der Waals surface area contributed by atoms with Crippen LogP contribution >= 0.6 is 0 Å². The molecular weight excluding hydrogens is 545 g/mol. The predicted molar refractivity (Wildman–Crippen MR) is 177 cm³/mol. The van der Waals surface area contributed by atoms with Gasteiger partial charge in [-0.2, -0.15) is 0 Å². The normalized spacial score (nSPS) is 35.7. The number of hydrogen-bond acceptors (Lipinski definition) is 3. The topological polar surface area (TPSA) is 35.5 Å². The lowest BCUT2D eigenvalue weighted by Gasteiger charge is -2.58. The number of rotatable bonds is 5. The molecule has 43 heavy (non-hydrogen) atoms. The van der Waals surface area contributed by atoms with E-state index in [0.29, 0.717) is 17.9 Å². The molecule has 228 valence electrons. The second kappa shape index (κ2) is 10.6. The largest absolute Gasteiger partial charge is 0.458 e. The second-order valence-corrected chi connectivity index (χ2v) is 20.2. The molecule has 0 amide bonds. The van der Waals surface area contributed by atoms with Gasteiger partial charge in [-0.05, 0) is 107 Å². The molecule has 3 fully saturated rings. The van der Waals surface area contributed by atoms with Crippen LogP contribution in [-0.2, 0) is 14.0 Å². The molecule has 5 aliphatic rings. The Labute approximate surface area is 260 Å². The average Bonchev–Trinajstić information content (AvgIpc) is 3.58. The standard InChI is InChI=1S/C39H50O3Si/c1-37(2,3)43(30-12-8-6-9-13-30,31-14-10-7-11-15-31)42-29-20-22-38(4)28(25-29)16-17-32-34-19-18-33(27-24-36(40)41-26-27)39(34,5)23-21-35(32)38/h6-16,24,29,32-35H,17-23,25-26H2,1-5H3/t29-,32?,33+,34?,35?,38-,39+/m0/s1. The summed E-state index contributed by atoms with van der Waals surface area (Å²) in [5.41, 5.74) is 3.53. The molecule has 3 nitrogen and oxygen atoms in total. The lowest BCUT2D eigenvalue weighted by molar-refractivity contribution is -0.135. The molecular formula is C39H50O3Si. The summed E-state index contributed by atoms with van der Waals surface area (Å²) >= 11 is 0. The van der Waals surface area contributed by atoms with Crippen LogP contribution in [0.25, 0.3) is 0 Å². The van der Waals surface area contributed by atoms with Gasteiger partial charge < -0.3 is 9.16 Å². The van der Waals surface area contributed by atoms with Crippen LogP contribution in [0.15, 0.2) is 84.0 Å². The van der Waals surface area contributed by atoms with Crippen LogP contribution in [-0.4, -0.2) is 27.0 Å². The third-order valence-corrected chi connectivity index (χ3v) is 18.0. The first-order chi connectivity index (χ1) is 20.6. The Morgan fingerprint density at radius 3 is 2.14 bits per heavy atom. The maximum atomic E-state index is 11.9. The molecule has 0 bridgehead atoms. The first kappa shape index (κ1) is 29.3. The summed E-state index contributed by atoms with van der Waals surface area (Å²) in [6.45, 7) is 12.9. The Kier molecular flexibility index (Phi) is 7.21. The minimum Gasteiger partial charge on any atom is -0.458 e. The van der Waals surface area contributed by atoms with Gasteiger partial charge >= 0.3 is 5.97 Å². The van der Waals surface area contributed by atoms with E-state index >= 15 is 0 Å². The smallest absolute Gasteiger partial charge is 0.331 e. The van der Waals surface area contributed by atoms with E-state index in [-0.39, 0.29) is 22.5 Å². The van der Waals surface area contributed by atoms with Crippen molar-refractivity contribution in [2.24, 2.45) is 34.5 Å². The number of ether oxygens (including phenoxy) is 1. The summed E-state index contributed by atoms with van der Waals surface area (Å²) in [5, 5.41) is 2.76. The van der Waals surface area contributed by atoms with Crippen LogP contribution in [0.4, 0.5) is 0 Å². The van der Waals surface area contributed by atoms with Gasteiger partial charge in [-0.1, -0.05) is 107 Å². The zero-order chi connectivity index (χ0) is 30.0. The van der Waals surface area contributed by atoms with E-state index in [1.807, 2.05) is 6.08 Å². The zero-order valence-corrected chi connectivity index (χ0v) is 27.9. The van der Waals surface area contributed by atoms with Crippen LogP contribution < -0.4 is 10.4 Å². The maximum Gasteiger partial charge on any atom is 0.331 e. The number of benzene rings is 2. The molecule has 1 heterocycles. The maximum absolute atomic E-state index is 11.9. The van der Waals surface area contributed by atoms with Crippen molar-refractivity contribution in [1.82, 2.24) is 0 Å². The van der Waals surface area contributed by atoms with Gasteiger partial charge in [0.15, 0.2) is 0 Å². The Morgan fingerprint density at radius 2 is 1.53 bits per heavy atom. The van der Waals surface area contributed by atoms with Crippen molar-refractivity contribution in [3.8, 4) is 0 Å². The molecule has 2 aromatic carbocycles. The molecule has 2 aromatic rings. The van der Waals surface area contributed by atoms with Crippen molar-refractivity contribution in [3.63, 3.8) is 0 Å². The Bertz CT molecular complexity index is 1380. The number of cyclic esters (lactones) is 1. The summed E-state index contributed by atoms with van der Waals surface area (Å²) in [6, 6.07) is 22.3. The van der Waals surface area contributed by atoms with Crippen LogP contribution in [0.3, 0.4) is 0 Å². The van der Waals surface area contributed by atoms with Gasteiger partial charge in [0.2, 0.25) is 0 Å². The highest BCUT2D eigenvalue weighted by atomic mass is 28.4. The minimum atomic E-state index is -2.57. The molecule has 1 aliphatic heterocycles. The second-order valence-electron chi connectivity index (χ2n) is 15.9. The molecule has 3 saturated carbocycles. The third-order valence-electron chi connectivity index (χ3n) is 13.0. The van der Waals surface area contributed by atoms with Crippen LogP contribution in [0.1, 0.15) is 86.0 Å². The quantitative estimate of drug-likeness (QED) is 0.200. The molecule has 4 aliphatic carbocycles. The Morgan fingerprint density at radius 1 is 0.860 bits per heavy atom. The van der Waals surface area contributed by atoms with Crippen molar-refractivity contribution >= 4 is 24.7 Å². The van der Waals surface area contributed by atoms with Crippen molar-refractivity contribution in [2.45, 2.75) is 97.1 Å². The van der Waals surface area contributed by atoms with E-state index in [2.05, 4.69) is 101 Å². The fraction of sp³-hybridized carbons (Fsp3) is 0.564. The van der Waals surface area contributed by atoms with E-state index < -0.39 is 8.32 Å². The highest BCUT2D eigenvalue weighted by Crippen LogP contribution is 2.67. The van der Waals surface area contributed by atoms with Crippen molar-refractivity contribution in [3.05, 3.63) is 84.0 Å². The summed E-state index contributed by atoms with van der Waals surface area (Å²) in [4.78, 5) is 11.9. The highest BCUT2D eigenvalue weighted by Gasteiger charge is 2.60. The molecule has 0 saturated heterocycles. The van der Waals surface area contributed by atoms with Gasteiger partial charge in [0.05, 0.1) is 0 Å². The first-order valence-electron chi connectivity index (χ1n) is 16.9. The molecule has 0 spiro atoms. The van der Waals surface area contributed by atoms with Crippen LogP contribution in [0.2, 0.25) is 5.04 Å². The molecule has 4 heteroatoms. The van der Waals surface area contributed by atoms with E-state index in [1.165, 1.54) is 54.5 Å². The van der Waals surface area contributed by atoms with Gasteiger partial charge in [0.25, 0.3) is 8.32 Å². The molecule has 0 N–H and O–H groups in total. The SMILES string of the molecule is CC(C)(C)[Si](O[C@H]1CC[C@@]2(C)C(=CCC3C2CC[C@@]2(C)C3CC[C@@H]2C2=CC(=O)OC2)C1)(c1ccccc1)c1ccccc1.